The van der Waals surface area contributed by atoms with Gasteiger partial charge in [-0.1, -0.05) is 12.1 Å². The van der Waals surface area contributed by atoms with Crippen LogP contribution in [0.1, 0.15) is 43.1 Å². The van der Waals surface area contributed by atoms with Gasteiger partial charge >= 0.3 is 16.4 Å². The maximum Gasteiger partial charge on any atom is 0.408 e. The number of methoxy groups -OCH3 is 1. The Morgan fingerprint density at radius 3 is 2.48 bits per heavy atom. The second-order valence-electron chi connectivity index (χ2n) is 7.23. The second-order valence-corrected chi connectivity index (χ2v) is 9.28. The van der Waals surface area contributed by atoms with Crippen LogP contribution in [0.4, 0.5) is 4.79 Å². The van der Waals surface area contributed by atoms with E-state index in [2.05, 4.69) is 14.5 Å². The minimum absolute atomic E-state index is 0.101. The number of nitrogens with zero attached hydrogens (tertiary/aromatic N) is 1. The van der Waals surface area contributed by atoms with Gasteiger partial charge in [0.2, 0.25) is 0 Å². The summed E-state index contributed by atoms with van der Waals surface area (Å²) in [6.07, 6.45) is -0.144. The van der Waals surface area contributed by atoms with Crippen LogP contribution < -0.4 is 14.6 Å². The Balaban J connectivity index is 2.18. The Kier molecular flexibility index (Phi) is 7.58. The number of carbonyl (C=O) groups excluding carboxylic acids is 1. The summed E-state index contributed by atoms with van der Waals surface area (Å²) in [5.41, 5.74) is 0.961. The number of alkyl carbamates (subject to hydrolysis) is 1. The molecule has 1 amide bonds. The number of amides is 1. The molecule has 2 rings (SSSR count). The number of aromatic nitrogens is 1. The summed E-state index contributed by atoms with van der Waals surface area (Å²) in [6.45, 7) is 5.72. The molecule has 0 aliphatic carbocycles. The van der Waals surface area contributed by atoms with Crippen molar-refractivity contribution in [2.24, 2.45) is 5.14 Å². The minimum atomic E-state index is -4.09. The molecule has 1 aromatic carbocycles. The van der Waals surface area contributed by atoms with Gasteiger partial charge in [0.1, 0.15) is 16.4 Å². The third-order valence-corrected chi connectivity index (χ3v) is 4.86. The van der Waals surface area contributed by atoms with E-state index in [9.17, 15) is 13.2 Å². The van der Waals surface area contributed by atoms with Gasteiger partial charge in [0.25, 0.3) is 0 Å². The summed E-state index contributed by atoms with van der Waals surface area (Å²) < 4.78 is 37.1. The second kappa shape index (κ2) is 9.53. The summed E-state index contributed by atoms with van der Waals surface area (Å²) in [5.74, 6) is 0.101. The summed E-state index contributed by atoms with van der Waals surface area (Å²) in [5, 5.41) is 10.3. The lowest BCUT2D eigenvalue weighted by molar-refractivity contribution is 0.0503. The van der Waals surface area contributed by atoms with Crippen LogP contribution in [-0.4, -0.2) is 32.2 Å². The van der Waals surface area contributed by atoms with Gasteiger partial charge in [0, 0.05) is 12.5 Å². The third kappa shape index (κ3) is 8.36. The van der Waals surface area contributed by atoms with Crippen LogP contribution in [0.2, 0.25) is 0 Å². The molecule has 0 spiro atoms. The fourth-order valence-corrected chi connectivity index (χ4v) is 3.63. The first-order chi connectivity index (χ1) is 13.4. The number of hydrogen-bond acceptors (Lipinski definition) is 8. The van der Waals surface area contributed by atoms with E-state index in [4.69, 9.17) is 14.6 Å². The molecule has 0 bridgehead atoms. The predicted octanol–water partition coefficient (Wildman–Crippen LogP) is 2.68. The van der Waals surface area contributed by atoms with Crippen molar-refractivity contribution in [1.82, 2.24) is 10.3 Å². The maximum absolute atomic E-state index is 12.3. The molecule has 1 atom stereocenters. The largest absolute Gasteiger partial charge is 0.444 e. The zero-order chi connectivity index (χ0) is 21.7. The molecule has 1 heterocycles. The molecule has 0 saturated carbocycles. The smallest absolute Gasteiger partial charge is 0.408 e. The molecular weight excluding hydrogens is 418 g/mol. The molecule has 0 saturated heterocycles. The van der Waals surface area contributed by atoms with Crippen LogP contribution in [0.3, 0.4) is 0 Å². The lowest BCUT2D eigenvalue weighted by Crippen LogP contribution is -2.35. The van der Waals surface area contributed by atoms with Crippen molar-refractivity contribution in [3.63, 3.8) is 0 Å². The van der Waals surface area contributed by atoms with E-state index in [1.807, 2.05) is 5.38 Å². The fourth-order valence-electron chi connectivity index (χ4n) is 2.40. The molecule has 0 radical (unpaired) electrons. The highest BCUT2D eigenvalue weighted by atomic mass is 32.2. The van der Waals surface area contributed by atoms with E-state index in [-0.39, 0.29) is 5.75 Å². The highest BCUT2D eigenvalue weighted by molar-refractivity contribution is 7.84. The maximum atomic E-state index is 12.3. The Hall–Kier alpha value is -2.21. The van der Waals surface area contributed by atoms with Gasteiger partial charge in [0.15, 0.2) is 0 Å². The lowest BCUT2D eigenvalue weighted by Gasteiger charge is -2.23. The zero-order valence-corrected chi connectivity index (χ0v) is 18.3. The van der Waals surface area contributed by atoms with Crippen molar-refractivity contribution in [3.05, 3.63) is 45.9 Å². The molecule has 1 unspecified atom stereocenters. The van der Waals surface area contributed by atoms with E-state index in [1.165, 1.54) is 23.5 Å². The van der Waals surface area contributed by atoms with Gasteiger partial charge in [-0.05, 0) is 44.9 Å². The zero-order valence-electron chi connectivity index (χ0n) is 16.7. The van der Waals surface area contributed by atoms with Crippen LogP contribution >= 0.6 is 11.3 Å². The van der Waals surface area contributed by atoms with Crippen molar-refractivity contribution in [2.75, 3.05) is 7.11 Å². The van der Waals surface area contributed by atoms with E-state index in [0.29, 0.717) is 18.0 Å². The van der Waals surface area contributed by atoms with Crippen molar-refractivity contribution >= 4 is 27.7 Å². The van der Waals surface area contributed by atoms with Gasteiger partial charge in [0.05, 0.1) is 18.3 Å². The quantitative estimate of drug-likeness (QED) is 0.641. The number of nitrogens with one attached hydrogen (secondary N) is 1. The first-order valence-electron chi connectivity index (χ1n) is 8.69. The number of nitrogens with two attached hydrogens (primary N) is 1. The molecule has 9 nitrogen and oxygen atoms in total. The van der Waals surface area contributed by atoms with Gasteiger partial charge in [-0.2, -0.15) is 13.6 Å². The van der Waals surface area contributed by atoms with Crippen molar-refractivity contribution < 1.29 is 26.9 Å². The summed E-state index contributed by atoms with van der Waals surface area (Å²) in [7, 11) is -2.50. The van der Waals surface area contributed by atoms with Crippen molar-refractivity contribution in [3.8, 4) is 5.75 Å². The topological polar surface area (TPSA) is 130 Å². The SMILES string of the molecule is COCc1csc(C(Cc2ccc(OS(N)(=O)=O)cc2)NC(=O)OC(C)(C)C)n1. The van der Waals surface area contributed by atoms with Crippen LogP contribution in [-0.2, 0) is 32.8 Å². The molecule has 160 valence electrons. The van der Waals surface area contributed by atoms with Crippen LogP contribution in [0.5, 0.6) is 5.75 Å². The van der Waals surface area contributed by atoms with Crippen molar-refractivity contribution in [1.29, 1.82) is 0 Å². The number of rotatable bonds is 8. The minimum Gasteiger partial charge on any atom is -0.444 e. The highest BCUT2D eigenvalue weighted by Gasteiger charge is 2.23. The number of hydrogen-bond donors (Lipinski definition) is 2. The van der Waals surface area contributed by atoms with Crippen LogP contribution in [0.25, 0.3) is 0 Å². The summed E-state index contributed by atoms with van der Waals surface area (Å²) >= 11 is 1.41. The Morgan fingerprint density at radius 2 is 1.93 bits per heavy atom. The van der Waals surface area contributed by atoms with E-state index in [0.717, 1.165) is 11.3 Å². The van der Waals surface area contributed by atoms with Crippen LogP contribution in [0, 0.1) is 0 Å². The molecule has 11 heteroatoms. The molecule has 3 N–H and O–H groups in total. The molecule has 0 aliphatic rings. The normalized spacial score (nSPS) is 13.0. The highest BCUT2D eigenvalue weighted by Crippen LogP contribution is 2.25. The Bertz CT molecular complexity index is 920. The van der Waals surface area contributed by atoms with E-state index < -0.39 is 28.0 Å². The molecule has 0 fully saturated rings. The van der Waals surface area contributed by atoms with Gasteiger partial charge < -0.3 is 19.0 Å². The van der Waals surface area contributed by atoms with Gasteiger partial charge in [-0.15, -0.1) is 11.3 Å². The van der Waals surface area contributed by atoms with Gasteiger partial charge in [-0.3, -0.25) is 0 Å². The predicted molar refractivity (Wildman–Crippen MR) is 109 cm³/mol. The number of benzene rings is 1. The number of thiazole rings is 1. The molecule has 2 aromatic rings. The first-order valence-corrected chi connectivity index (χ1v) is 11.0. The molecule has 29 heavy (non-hydrogen) atoms. The average molecular weight is 444 g/mol. The van der Waals surface area contributed by atoms with E-state index >= 15 is 0 Å². The standard InChI is InChI=1S/C18H25N3O6S2/c1-18(2,3)26-17(22)21-15(16-20-13(10-25-4)11-28-16)9-12-5-7-14(8-6-12)27-29(19,23)24/h5-8,11,15H,9-10H2,1-4H3,(H,21,22)(H2,19,23,24). The molecule has 1 aromatic heterocycles. The van der Waals surface area contributed by atoms with Crippen LogP contribution in [0.15, 0.2) is 29.6 Å². The molecule has 0 aliphatic heterocycles. The third-order valence-electron chi connectivity index (χ3n) is 3.43. The summed E-state index contributed by atoms with van der Waals surface area (Å²) in [4.78, 5) is 16.8. The molecular formula is C18H25N3O6S2. The first kappa shape index (κ1) is 23.1. The number of carbonyl (C=O) groups is 1. The van der Waals surface area contributed by atoms with Crippen molar-refractivity contribution in [2.45, 2.75) is 45.4 Å². The van der Waals surface area contributed by atoms with Gasteiger partial charge in [-0.25, -0.2) is 9.78 Å². The van der Waals surface area contributed by atoms with E-state index in [1.54, 1.807) is 40.0 Å². The number of ether oxygens (including phenoxy) is 2. The monoisotopic (exact) mass is 443 g/mol. The summed E-state index contributed by atoms with van der Waals surface area (Å²) in [6, 6.07) is 5.91. The fraction of sp³-hybridized carbons (Fsp3) is 0.444. The Labute approximate surface area is 174 Å². The average Bonchev–Trinajstić information content (AvgIpc) is 3.02. The Morgan fingerprint density at radius 1 is 1.28 bits per heavy atom. The lowest BCUT2D eigenvalue weighted by atomic mass is 10.1.